The van der Waals surface area contributed by atoms with Crippen LogP contribution in [0.25, 0.3) is 0 Å². The van der Waals surface area contributed by atoms with E-state index < -0.39 is 0 Å². The number of aliphatic imine (C=N–C) groups is 1. The lowest BCUT2D eigenvalue weighted by Crippen LogP contribution is -2.10. The first-order chi connectivity index (χ1) is 11.2. The van der Waals surface area contributed by atoms with Gasteiger partial charge in [0, 0.05) is 11.8 Å². The molecule has 0 aliphatic rings. The Kier molecular flexibility index (Phi) is 6.62. The van der Waals surface area contributed by atoms with E-state index in [2.05, 4.69) is 4.99 Å². The fraction of sp³-hybridized carbons (Fsp3) is 0.235. The molecule has 0 aliphatic heterocycles. The molecular weight excluding hydrogens is 312 g/mol. The summed E-state index contributed by atoms with van der Waals surface area (Å²) in [5, 5.41) is 0.497. The summed E-state index contributed by atoms with van der Waals surface area (Å²) in [5.41, 5.74) is 6.68. The number of nitrogens with zero attached hydrogens (tertiary/aromatic N) is 1. The second kappa shape index (κ2) is 8.95. The Morgan fingerprint density at radius 1 is 1.00 bits per heavy atom. The van der Waals surface area contributed by atoms with Crippen LogP contribution in [-0.4, -0.2) is 31.7 Å². The van der Waals surface area contributed by atoms with Crippen LogP contribution in [0.3, 0.4) is 0 Å². The second-order valence-corrected chi connectivity index (χ2v) is 5.64. The molecule has 0 aromatic heterocycles. The molecule has 2 rings (SSSR count). The van der Waals surface area contributed by atoms with Crippen molar-refractivity contribution in [3.8, 4) is 17.2 Å². The van der Waals surface area contributed by atoms with Crippen LogP contribution in [0.15, 0.2) is 53.5 Å². The first-order valence-electron chi connectivity index (χ1n) is 7.09. The molecule has 0 saturated carbocycles. The van der Waals surface area contributed by atoms with Gasteiger partial charge in [-0.25, -0.2) is 4.99 Å². The quantitative estimate of drug-likeness (QED) is 0.478. The maximum atomic E-state index is 5.91. The zero-order chi connectivity index (χ0) is 16.5. The van der Waals surface area contributed by atoms with Crippen molar-refractivity contribution in [1.82, 2.24) is 0 Å². The number of thioether (sulfide) groups is 1. The highest BCUT2D eigenvalue weighted by Crippen LogP contribution is 2.21. The van der Waals surface area contributed by atoms with Crippen LogP contribution in [0.5, 0.6) is 17.2 Å². The number of hydrogen-bond donors (Lipinski definition) is 1. The highest BCUT2D eigenvalue weighted by molar-refractivity contribution is 8.13. The molecule has 0 amide bonds. The normalized spacial score (nSPS) is 11.1. The average molecular weight is 332 g/mol. The highest BCUT2D eigenvalue weighted by Gasteiger charge is 1.99. The molecule has 2 N–H and O–H groups in total. The summed E-state index contributed by atoms with van der Waals surface area (Å²) >= 11 is 1.45. The van der Waals surface area contributed by atoms with E-state index >= 15 is 0 Å². The predicted octanol–water partition coefficient (Wildman–Crippen LogP) is 3.46. The Balaban J connectivity index is 1.77. The van der Waals surface area contributed by atoms with Crippen molar-refractivity contribution in [3.63, 3.8) is 0 Å². The molecule has 0 fully saturated rings. The topological polar surface area (TPSA) is 66.1 Å². The minimum Gasteiger partial charge on any atom is -0.497 e. The summed E-state index contributed by atoms with van der Waals surface area (Å²) in [6.45, 7) is 0.547. The van der Waals surface area contributed by atoms with E-state index in [0.29, 0.717) is 17.5 Å². The van der Waals surface area contributed by atoms with Gasteiger partial charge in [-0.05, 0) is 36.4 Å². The summed E-state index contributed by atoms with van der Waals surface area (Å²) in [7, 11) is 3.26. The molecule has 122 valence electrons. The van der Waals surface area contributed by atoms with Crippen LogP contribution in [-0.2, 0) is 0 Å². The molecule has 6 heteroatoms. The molecule has 0 aliphatic carbocycles. The number of benzene rings is 2. The molecule has 0 unspecified atom stereocenters. The third kappa shape index (κ3) is 5.75. The van der Waals surface area contributed by atoms with Crippen LogP contribution in [0.4, 0.5) is 5.69 Å². The number of hydrogen-bond acceptors (Lipinski definition) is 5. The van der Waals surface area contributed by atoms with Crippen molar-refractivity contribution in [1.29, 1.82) is 0 Å². The van der Waals surface area contributed by atoms with Crippen molar-refractivity contribution < 1.29 is 14.2 Å². The molecule has 23 heavy (non-hydrogen) atoms. The molecule has 0 radical (unpaired) electrons. The van der Waals surface area contributed by atoms with Crippen molar-refractivity contribution in [3.05, 3.63) is 48.5 Å². The minimum atomic E-state index is 0.497. The summed E-state index contributed by atoms with van der Waals surface area (Å²) in [6.07, 6.45) is 0. The maximum Gasteiger partial charge on any atom is 0.159 e. The Morgan fingerprint density at radius 2 is 1.70 bits per heavy atom. The van der Waals surface area contributed by atoms with Crippen molar-refractivity contribution >= 4 is 22.6 Å². The van der Waals surface area contributed by atoms with E-state index in [-0.39, 0.29) is 0 Å². The Morgan fingerprint density at radius 3 is 2.39 bits per heavy atom. The van der Waals surface area contributed by atoms with Crippen molar-refractivity contribution in [2.45, 2.75) is 0 Å². The van der Waals surface area contributed by atoms with E-state index in [1.165, 1.54) is 11.8 Å². The molecule has 0 heterocycles. The van der Waals surface area contributed by atoms with Crippen LogP contribution >= 0.6 is 11.8 Å². The number of amidine groups is 1. The van der Waals surface area contributed by atoms with Gasteiger partial charge >= 0.3 is 0 Å². The molecule has 0 atom stereocenters. The van der Waals surface area contributed by atoms with Crippen LogP contribution in [0.1, 0.15) is 0 Å². The zero-order valence-corrected chi connectivity index (χ0v) is 14.0. The van der Waals surface area contributed by atoms with Crippen LogP contribution in [0, 0.1) is 0 Å². The second-order valence-electron chi connectivity index (χ2n) is 4.52. The predicted molar refractivity (Wildman–Crippen MR) is 95.2 cm³/mol. The number of ether oxygens (including phenoxy) is 3. The van der Waals surface area contributed by atoms with E-state index in [4.69, 9.17) is 19.9 Å². The van der Waals surface area contributed by atoms with Gasteiger partial charge in [0.1, 0.15) is 17.2 Å². The van der Waals surface area contributed by atoms with E-state index in [1.807, 2.05) is 48.5 Å². The van der Waals surface area contributed by atoms with Gasteiger partial charge < -0.3 is 19.9 Å². The third-order valence-corrected chi connectivity index (χ3v) is 3.71. The molecule has 0 saturated heterocycles. The molecule has 2 aromatic carbocycles. The fourth-order valence-corrected chi connectivity index (χ4v) is 2.36. The Hall–Kier alpha value is -2.34. The number of methoxy groups -OCH3 is 2. The SMILES string of the molecule is COc1ccc(OCCSC(N)=Nc2cccc(OC)c2)cc1. The Labute approximate surface area is 140 Å². The van der Waals surface area contributed by atoms with Crippen LogP contribution in [0.2, 0.25) is 0 Å². The van der Waals surface area contributed by atoms with Gasteiger partial charge in [-0.2, -0.15) is 0 Å². The molecule has 2 aromatic rings. The van der Waals surface area contributed by atoms with Gasteiger partial charge in [0.2, 0.25) is 0 Å². The summed E-state index contributed by atoms with van der Waals surface area (Å²) < 4.78 is 15.9. The van der Waals surface area contributed by atoms with Crippen LogP contribution < -0.4 is 19.9 Å². The third-order valence-electron chi connectivity index (χ3n) is 2.95. The molecule has 5 nitrogen and oxygen atoms in total. The van der Waals surface area contributed by atoms with E-state index in [9.17, 15) is 0 Å². The summed E-state index contributed by atoms with van der Waals surface area (Å²) in [5.74, 6) is 3.08. The average Bonchev–Trinajstić information content (AvgIpc) is 2.59. The number of rotatable bonds is 7. The van der Waals surface area contributed by atoms with E-state index in [0.717, 1.165) is 22.9 Å². The van der Waals surface area contributed by atoms with Gasteiger partial charge in [-0.3, -0.25) is 0 Å². The molecule has 0 spiro atoms. The van der Waals surface area contributed by atoms with Gasteiger partial charge in [0.25, 0.3) is 0 Å². The first kappa shape index (κ1) is 17.0. The largest absolute Gasteiger partial charge is 0.497 e. The lowest BCUT2D eigenvalue weighted by molar-refractivity contribution is 0.343. The first-order valence-corrected chi connectivity index (χ1v) is 8.07. The lowest BCUT2D eigenvalue weighted by atomic mass is 10.3. The standard InChI is InChI=1S/C17H20N2O3S/c1-20-14-6-8-15(9-7-14)22-10-11-23-17(18)19-13-4-3-5-16(12-13)21-2/h3-9,12H,10-11H2,1-2H3,(H2,18,19). The molecule has 0 bridgehead atoms. The monoisotopic (exact) mass is 332 g/mol. The minimum absolute atomic E-state index is 0.497. The van der Waals surface area contributed by atoms with Gasteiger partial charge in [-0.15, -0.1) is 0 Å². The summed E-state index contributed by atoms with van der Waals surface area (Å²) in [6, 6.07) is 14.9. The summed E-state index contributed by atoms with van der Waals surface area (Å²) in [4.78, 5) is 4.34. The smallest absolute Gasteiger partial charge is 0.159 e. The fourth-order valence-electron chi connectivity index (χ4n) is 1.82. The molecular formula is C17H20N2O3S. The van der Waals surface area contributed by atoms with Gasteiger partial charge in [-0.1, -0.05) is 17.8 Å². The van der Waals surface area contributed by atoms with Gasteiger partial charge in [0.15, 0.2) is 5.17 Å². The zero-order valence-electron chi connectivity index (χ0n) is 13.2. The maximum absolute atomic E-state index is 5.91. The van der Waals surface area contributed by atoms with Gasteiger partial charge in [0.05, 0.1) is 26.5 Å². The van der Waals surface area contributed by atoms with Crippen molar-refractivity contribution in [2.24, 2.45) is 10.7 Å². The van der Waals surface area contributed by atoms with Crippen molar-refractivity contribution in [2.75, 3.05) is 26.6 Å². The Bertz CT molecular complexity index is 645. The lowest BCUT2D eigenvalue weighted by Gasteiger charge is -2.07. The number of nitrogens with two attached hydrogens (primary N) is 1. The highest BCUT2D eigenvalue weighted by atomic mass is 32.2. The van der Waals surface area contributed by atoms with E-state index in [1.54, 1.807) is 14.2 Å².